The van der Waals surface area contributed by atoms with Crippen LogP contribution in [0.5, 0.6) is 0 Å². The molecular formula is C11H19N3O5S2. The van der Waals surface area contributed by atoms with Crippen LogP contribution in [0.3, 0.4) is 0 Å². The number of aliphatic hydroxyl groups excluding tert-OH is 1. The summed E-state index contributed by atoms with van der Waals surface area (Å²) < 4.78 is 26.3. The van der Waals surface area contributed by atoms with E-state index >= 15 is 0 Å². The van der Waals surface area contributed by atoms with Gasteiger partial charge in [-0.2, -0.15) is 4.31 Å². The highest BCUT2D eigenvalue weighted by molar-refractivity contribution is 7.91. The van der Waals surface area contributed by atoms with Gasteiger partial charge in [0.2, 0.25) is 0 Å². The van der Waals surface area contributed by atoms with Crippen molar-refractivity contribution in [3.8, 4) is 0 Å². The van der Waals surface area contributed by atoms with E-state index < -0.39 is 14.9 Å². The Morgan fingerprint density at radius 2 is 2.14 bits per heavy atom. The quantitative estimate of drug-likeness (QED) is 0.549. The molecule has 1 aromatic heterocycles. The number of thiophene rings is 1. The topological polar surface area (TPSA) is 113 Å². The predicted molar refractivity (Wildman–Crippen MR) is 81.3 cm³/mol. The molecule has 1 rings (SSSR count). The van der Waals surface area contributed by atoms with Crippen molar-refractivity contribution in [3.05, 3.63) is 16.2 Å². The van der Waals surface area contributed by atoms with Gasteiger partial charge >= 0.3 is 5.69 Å². The van der Waals surface area contributed by atoms with Crippen molar-refractivity contribution in [2.45, 2.75) is 30.5 Å². The van der Waals surface area contributed by atoms with Crippen LogP contribution >= 0.6 is 11.3 Å². The summed E-state index contributed by atoms with van der Waals surface area (Å²) in [7, 11) is -2.32. The van der Waals surface area contributed by atoms with E-state index in [1.54, 1.807) is 13.8 Å². The van der Waals surface area contributed by atoms with Crippen LogP contribution in [-0.2, 0) is 10.0 Å². The lowest BCUT2D eigenvalue weighted by Gasteiger charge is -2.24. The van der Waals surface area contributed by atoms with Gasteiger partial charge in [0.1, 0.15) is 4.21 Å². The molecule has 1 heterocycles. The molecule has 0 atom stereocenters. The first-order chi connectivity index (χ1) is 9.75. The first-order valence-electron chi connectivity index (χ1n) is 6.34. The molecule has 0 aromatic carbocycles. The Balaban J connectivity index is 3.25. The lowest BCUT2D eigenvalue weighted by atomic mass is 10.3. The Kier molecular flexibility index (Phi) is 6.08. The molecule has 0 saturated heterocycles. The van der Waals surface area contributed by atoms with Gasteiger partial charge in [0.25, 0.3) is 10.0 Å². The maximum atomic E-state index is 12.6. The van der Waals surface area contributed by atoms with Crippen molar-refractivity contribution in [1.29, 1.82) is 0 Å². The van der Waals surface area contributed by atoms with Gasteiger partial charge in [0.15, 0.2) is 5.00 Å². The van der Waals surface area contributed by atoms with E-state index in [-0.39, 0.29) is 34.1 Å². The average molecular weight is 337 g/mol. The number of anilines is 1. The summed E-state index contributed by atoms with van der Waals surface area (Å²) in [6, 6.07) is 0.765. The van der Waals surface area contributed by atoms with E-state index in [2.05, 4.69) is 5.32 Å². The number of aliphatic hydroxyl groups is 1. The number of sulfonamides is 1. The van der Waals surface area contributed by atoms with Crippen LogP contribution in [0.1, 0.15) is 20.3 Å². The van der Waals surface area contributed by atoms with E-state index in [1.807, 2.05) is 0 Å². The van der Waals surface area contributed by atoms with Crippen molar-refractivity contribution in [3.63, 3.8) is 0 Å². The minimum atomic E-state index is -3.82. The summed E-state index contributed by atoms with van der Waals surface area (Å²) in [6.07, 6.45) is 0.309. The molecule has 10 heteroatoms. The molecule has 1 aromatic rings. The van der Waals surface area contributed by atoms with E-state index in [1.165, 1.54) is 11.4 Å². The maximum Gasteiger partial charge on any atom is 0.304 e. The van der Waals surface area contributed by atoms with Gasteiger partial charge in [-0.3, -0.25) is 10.1 Å². The highest BCUT2D eigenvalue weighted by Crippen LogP contribution is 2.38. The molecular weight excluding hydrogens is 318 g/mol. The smallest absolute Gasteiger partial charge is 0.304 e. The van der Waals surface area contributed by atoms with Crippen LogP contribution in [0.2, 0.25) is 0 Å². The molecule has 0 amide bonds. The molecule has 0 radical (unpaired) electrons. The SMILES string of the molecule is CNc1sc(S(=O)(=O)N(CCCO)C(C)C)cc1[N+](=O)[O-]. The van der Waals surface area contributed by atoms with Gasteiger partial charge in [0.05, 0.1) is 4.92 Å². The summed E-state index contributed by atoms with van der Waals surface area (Å²) in [4.78, 5) is 10.3. The zero-order valence-corrected chi connectivity index (χ0v) is 13.7. The Bertz CT molecular complexity index is 597. The lowest BCUT2D eigenvalue weighted by molar-refractivity contribution is -0.383. The normalized spacial score (nSPS) is 12.1. The monoisotopic (exact) mass is 337 g/mol. The second-order valence-corrected chi connectivity index (χ2v) is 7.74. The van der Waals surface area contributed by atoms with Gasteiger partial charge in [-0.05, 0) is 20.3 Å². The Hall–Kier alpha value is -1.23. The number of rotatable bonds is 8. The summed E-state index contributed by atoms with van der Waals surface area (Å²) in [5, 5.41) is 22.6. The molecule has 0 aliphatic heterocycles. The van der Waals surface area contributed by atoms with Gasteiger partial charge in [-0.25, -0.2) is 8.42 Å². The highest BCUT2D eigenvalue weighted by Gasteiger charge is 2.31. The fraction of sp³-hybridized carbons (Fsp3) is 0.636. The number of nitro groups is 1. The summed E-state index contributed by atoms with van der Waals surface area (Å²) in [5.41, 5.74) is -0.257. The highest BCUT2D eigenvalue weighted by atomic mass is 32.2. The van der Waals surface area contributed by atoms with Gasteiger partial charge in [0, 0.05) is 32.3 Å². The van der Waals surface area contributed by atoms with Gasteiger partial charge in [-0.15, -0.1) is 0 Å². The van der Waals surface area contributed by atoms with E-state index in [4.69, 9.17) is 5.11 Å². The second kappa shape index (κ2) is 7.16. The number of nitrogens with one attached hydrogen (secondary N) is 1. The van der Waals surface area contributed by atoms with Gasteiger partial charge < -0.3 is 10.4 Å². The zero-order chi connectivity index (χ0) is 16.2. The van der Waals surface area contributed by atoms with E-state index in [0.717, 1.165) is 17.4 Å². The Morgan fingerprint density at radius 1 is 1.52 bits per heavy atom. The summed E-state index contributed by atoms with van der Waals surface area (Å²) >= 11 is 0.829. The van der Waals surface area contributed by atoms with Crippen molar-refractivity contribution in [1.82, 2.24) is 4.31 Å². The lowest BCUT2D eigenvalue weighted by Crippen LogP contribution is -2.37. The third-order valence-electron chi connectivity index (χ3n) is 2.79. The number of hydrogen-bond acceptors (Lipinski definition) is 7. The van der Waals surface area contributed by atoms with E-state index in [9.17, 15) is 18.5 Å². The first-order valence-corrected chi connectivity index (χ1v) is 8.60. The molecule has 120 valence electrons. The fourth-order valence-corrected chi connectivity index (χ4v) is 4.89. The molecule has 21 heavy (non-hydrogen) atoms. The minimum Gasteiger partial charge on any atom is -0.396 e. The predicted octanol–water partition coefficient (Wildman–Crippen LogP) is 1.48. The fourth-order valence-electron chi connectivity index (χ4n) is 1.80. The summed E-state index contributed by atoms with van der Waals surface area (Å²) in [5.74, 6) is 0. The molecule has 8 nitrogen and oxygen atoms in total. The van der Waals surface area contributed by atoms with Crippen LogP contribution in [-0.4, -0.2) is 49.0 Å². The largest absolute Gasteiger partial charge is 0.396 e. The molecule has 0 saturated carbocycles. The van der Waals surface area contributed by atoms with Crippen LogP contribution < -0.4 is 5.32 Å². The van der Waals surface area contributed by atoms with Crippen molar-refractivity contribution in [2.24, 2.45) is 0 Å². The number of nitrogens with zero attached hydrogens (tertiary/aromatic N) is 2. The molecule has 2 N–H and O–H groups in total. The second-order valence-electron chi connectivity index (χ2n) is 4.57. The molecule has 0 aliphatic carbocycles. The molecule has 0 aliphatic rings. The van der Waals surface area contributed by atoms with Crippen LogP contribution in [0.25, 0.3) is 0 Å². The standard InChI is InChI=1S/C11H19N3O5S2/c1-8(2)13(5-4-6-15)21(18,19)10-7-9(14(16)17)11(12-3)20-10/h7-8,12,15H,4-6H2,1-3H3. The Morgan fingerprint density at radius 3 is 2.52 bits per heavy atom. The maximum absolute atomic E-state index is 12.6. The summed E-state index contributed by atoms with van der Waals surface area (Å²) in [6.45, 7) is 3.48. The van der Waals surface area contributed by atoms with Crippen molar-refractivity contribution >= 4 is 32.0 Å². The van der Waals surface area contributed by atoms with Crippen LogP contribution in [0, 0.1) is 10.1 Å². The van der Waals surface area contributed by atoms with Crippen LogP contribution in [0.4, 0.5) is 10.7 Å². The third kappa shape index (κ3) is 3.90. The zero-order valence-electron chi connectivity index (χ0n) is 12.1. The van der Waals surface area contributed by atoms with E-state index in [0.29, 0.717) is 6.42 Å². The molecule has 0 spiro atoms. The van der Waals surface area contributed by atoms with Crippen molar-refractivity contribution in [2.75, 3.05) is 25.5 Å². The Labute approximate surface area is 127 Å². The van der Waals surface area contributed by atoms with Crippen LogP contribution in [0.15, 0.2) is 10.3 Å². The minimum absolute atomic E-state index is 0.0785. The average Bonchev–Trinajstić information content (AvgIpc) is 2.83. The molecule has 0 unspecified atom stereocenters. The number of hydrogen-bond donors (Lipinski definition) is 2. The van der Waals surface area contributed by atoms with Gasteiger partial charge in [-0.1, -0.05) is 11.3 Å². The molecule has 0 bridgehead atoms. The first kappa shape index (κ1) is 17.8. The van der Waals surface area contributed by atoms with Crippen molar-refractivity contribution < 1.29 is 18.4 Å². The third-order valence-corrected chi connectivity index (χ3v) is 6.46. The molecule has 0 fully saturated rings.